The summed E-state index contributed by atoms with van der Waals surface area (Å²) in [6.45, 7) is 8.53. The fraction of sp³-hybridized carbons (Fsp3) is 0.684. The molecule has 142 valence electrons. The maximum atomic E-state index is 12.4. The predicted octanol–water partition coefficient (Wildman–Crippen LogP) is 2.11. The SMILES string of the molecule is Cc1cnc(CN2C[C@]3(CCCN(C(=O)NC(C)C)C3)CCC2=O)cn1. The van der Waals surface area contributed by atoms with Crippen molar-refractivity contribution in [2.45, 2.75) is 59.0 Å². The van der Waals surface area contributed by atoms with E-state index in [0.717, 1.165) is 43.7 Å². The van der Waals surface area contributed by atoms with Crippen molar-refractivity contribution in [3.63, 3.8) is 0 Å². The number of aryl methyl sites for hydroxylation is 1. The molecule has 2 saturated heterocycles. The molecular weight excluding hydrogens is 330 g/mol. The molecule has 26 heavy (non-hydrogen) atoms. The van der Waals surface area contributed by atoms with E-state index in [0.29, 0.717) is 19.5 Å². The molecule has 1 aromatic heterocycles. The van der Waals surface area contributed by atoms with Gasteiger partial charge in [0.15, 0.2) is 0 Å². The van der Waals surface area contributed by atoms with Gasteiger partial charge in [-0.25, -0.2) is 4.79 Å². The summed E-state index contributed by atoms with van der Waals surface area (Å²) >= 11 is 0. The summed E-state index contributed by atoms with van der Waals surface area (Å²) in [5, 5.41) is 2.99. The molecule has 2 fully saturated rings. The monoisotopic (exact) mass is 359 g/mol. The van der Waals surface area contributed by atoms with E-state index in [-0.39, 0.29) is 23.4 Å². The number of nitrogens with zero attached hydrogens (tertiary/aromatic N) is 4. The van der Waals surface area contributed by atoms with Crippen LogP contribution in [0.4, 0.5) is 4.79 Å². The normalized spacial score (nSPS) is 23.6. The van der Waals surface area contributed by atoms with Gasteiger partial charge < -0.3 is 15.1 Å². The van der Waals surface area contributed by atoms with Gasteiger partial charge in [0.1, 0.15) is 0 Å². The number of hydrogen-bond donors (Lipinski definition) is 1. The van der Waals surface area contributed by atoms with E-state index in [9.17, 15) is 9.59 Å². The Labute approximate surface area is 155 Å². The lowest BCUT2D eigenvalue weighted by Gasteiger charge is -2.48. The van der Waals surface area contributed by atoms with Crippen LogP contribution in [0, 0.1) is 12.3 Å². The lowest BCUT2D eigenvalue weighted by Crippen LogP contribution is -2.56. The maximum absolute atomic E-state index is 12.4. The molecule has 2 aliphatic heterocycles. The molecule has 0 aromatic carbocycles. The number of piperidine rings is 2. The van der Waals surface area contributed by atoms with Gasteiger partial charge in [0, 0.05) is 43.7 Å². The van der Waals surface area contributed by atoms with Gasteiger partial charge in [-0.1, -0.05) is 0 Å². The Hall–Kier alpha value is -2.18. The van der Waals surface area contributed by atoms with Crippen LogP contribution in [0.5, 0.6) is 0 Å². The van der Waals surface area contributed by atoms with Gasteiger partial charge in [0.25, 0.3) is 0 Å². The molecule has 7 nitrogen and oxygen atoms in total. The van der Waals surface area contributed by atoms with Crippen molar-refractivity contribution < 1.29 is 9.59 Å². The fourth-order valence-electron chi connectivity index (χ4n) is 4.00. The number of nitrogens with one attached hydrogen (secondary N) is 1. The molecule has 1 atom stereocenters. The van der Waals surface area contributed by atoms with E-state index in [4.69, 9.17) is 0 Å². The Morgan fingerprint density at radius 1 is 1.27 bits per heavy atom. The predicted molar refractivity (Wildman–Crippen MR) is 98.3 cm³/mol. The summed E-state index contributed by atoms with van der Waals surface area (Å²) in [7, 11) is 0. The van der Waals surface area contributed by atoms with Gasteiger partial charge in [0.05, 0.1) is 24.1 Å². The fourth-order valence-corrected chi connectivity index (χ4v) is 4.00. The first-order valence-electron chi connectivity index (χ1n) is 9.48. The number of amides is 3. The van der Waals surface area contributed by atoms with Crippen LogP contribution >= 0.6 is 0 Å². The Morgan fingerprint density at radius 3 is 2.77 bits per heavy atom. The molecule has 1 N–H and O–H groups in total. The molecule has 1 spiro atoms. The van der Waals surface area contributed by atoms with Gasteiger partial charge in [0.2, 0.25) is 5.91 Å². The number of aromatic nitrogens is 2. The highest BCUT2D eigenvalue weighted by atomic mass is 16.2. The van der Waals surface area contributed by atoms with Crippen molar-refractivity contribution in [3.8, 4) is 0 Å². The molecule has 7 heteroatoms. The lowest BCUT2D eigenvalue weighted by molar-refractivity contribution is -0.139. The van der Waals surface area contributed by atoms with Crippen LogP contribution in [0.2, 0.25) is 0 Å². The highest BCUT2D eigenvalue weighted by Gasteiger charge is 2.42. The van der Waals surface area contributed by atoms with Crippen LogP contribution in [0.1, 0.15) is 50.9 Å². The molecule has 0 saturated carbocycles. The third-order valence-electron chi connectivity index (χ3n) is 5.30. The molecule has 3 amide bonds. The first kappa shape index (κ1) is 18.6. The van der Waals surface area contributed by atoms with Crippen LogP contribution in [0.15, 0.2) is 12.4 Å². The molecule has 0 bridgehead atoms. The van der Waals surface area contributed by atoms with E-state index in [1.807, 2.05) is 30.6 Å². The van der Waals surface area contributed by atoms with Crippen molar-refractivity contribution in [2.24, 2.45) is 5.41 Å². The lowest BCUT2D eigenvalue weighted by atomic mass is 9.73. The molecule has 3 rings (SSSR count). The van der Waals surface area contributed by atoms with Crippen molar-refractivity contribution in [3.05, 3.63) is 23.8 Å². The third-order valence-corrected chi connectivity index (χ3v) is 5.30. The number of carbonyl (C=O) groups excluding carboxylic acids is 2. The van der Waals surface area contributed by atoms with Crippen molar-refractivity contribution in [1.29, 1.82) is 0 Å². The first-order chi connectivity index (χ1) is 12.4. The quantitative estimate of drug-likeness (QED) is 0.896. The summed E-state index contributed by atoms with van der Waals surface area (Å²) in [6.07, 6.45) is 6.91. The van der Waals surface area contributed by atoms with Crippen LogP contribution < -0.4 is 5.32 Å². The van der Waals surface area contributed by atoms with Crippen molar-refractivity contribution in [2.75, 3.05) is 19.6 Å². The second-order valence-electron chi connectivity index (χ2n) is 8.03. The Bertz CT molecular complexity index is 660. The summed E-state index contributed by atoms with van der Waals surface area (Å²) in [5.74, 6) is 0.168. The van der Waals surface area contributed by atoms with Crippen LogP contribution in [0.3, 0.4) is 0 Å². The van der Waals surface area contributed by atoms with Gasteiger partial charge in [-0.3, -0.25) is 14.8 Å². The molecule has 0 unspecified atom stereocenters. The minimum atomic E-state index is -0.00138. The zero-order valence-electron chi connectivity index (χ0n) is 16.0. The second kappa shape index (κ2) is 7.60. The van der Waals surface area contributed by atoms with E-state index in [1.54, 1.807) is 12.4 Å². The average molecular weight is 359 g/mol. The second-order valence-corrected chi connectivity index (χ2v) is 8.03. The summed E-state index contributed by atoms with van der Waals surface area (Å²) in [4.78, 5) is 37.3. The Kier molecular flexibility index (Phi) is 5.44. The van der Waals surface area contributed by atoms with Gasteiger partial charge in [-0.05, 0) is 40.0 Å². The first-order valence-corrected chi connectivity index (χ1v) is 9.48. The Morgan fingerprint density at radius 2 is 2.08 bits per heavy atom. The van der Waals surface area contributed by atoms with Gasteiger partial charge in [-0.2, -0.15) is 0 Å². The molecule has 0 aliphatic carbocycles. The van der Waals surface area contributed by atoms with Crippen LogP contribution in [-0.4, -0.2) is 57.4 Å². The van der Waals surface area contributed by atoms with E-state index >= 15 is 0 Å². The van der Waals surface area contributed by atoms with Gasteiger partial charge in [-0.15, -0.1) is 0 Å². The van der Waals surface area contributed by atoms with Crippen molar-refractivity contribution >= 4 is 11.9 Å². The van der Waals surface area contributed by atoms with Gasteiger partial charge >= 0.3 is 6.03 Å². The molecular formula is C19H29N5O2. The van der Waals surface area contributed by atoms with Crippen LogP contribution in [0.25, 0.3) is 0 Å². The number of carbonyl (C=O) groups is 2. The topological polar surface area (TPSA) is 78.4 Å². The Balaban J connectivity index is 1.68. The highest BCUT2D eigenvalue weighted by molar-refractivity contribution is 5.77. The largest absolute Gasteiger partial charge is 0.336 e. The van der Waals surface area contributed by atoms with E-state index in [2.05, 4.69) is 15.3 Å². The van der Waals surface area contributed by atoms with Crippen LogP contribution in [-0.2, 0) is 11.3 Å². The molecule has 1 aromatic rings. The number of likely N-dealkylation sites (tertiary alicyclic amines) is 2. The smallest absolute Gasteiger partial charge is 0.317 e. The zero-order valence-corrected chi connectivity index (χ0v) is 16.0. The maximum Gasteiger partial charge on any atom is 0.317 e. The summed E-state index contributed by atoms with van der Waals surface area (Å²) in [5.41, 5.74) is 1.68. The minimum absolute atomic E-state index is 0.00138. The van der Waals surface area contributed by atoms with Crippen molar-refractivity contribution in [1.82, 2.24) is 25.1 Å². The summed E-state index contributed by atoms with van der Waals surface area (Å²) < 4.78 is 0. The minimum Gasteiger partial charge on any atom is -0.336 e. The molecule has 0 radical (unpaired) electrons. The number of urea groups is 1. The van der Waals surface area contributed by atoms with E-state index < -0.39 is 0 Å². The standard InChI is InChI=1S/C19H29N5O2/c1-14(2)22-18(26)23-8-4-6-19(12-23)7-5-17(25)24(13-19)11-16-10-20-15(3)9-21-16/h9-10,14H,4-8,11-13H2,1-3H3,(H,22,26)/t19-/m1/s1. The highest BCUT2D eigenvalue weighted by Crippen LogP contribution is 2.39. The number of hydrogen-bond acceptors (Lipinski definition) is 4. The third kappa shape index (κ3) is 4.31. The summed E-state index contributed by atoms with van der Waals surface area (Å²) in [6, 6.07) is 0.136. The average Bonchev–Trinajstić information content (AvgIpc) is 2.60. The molecule has 2 aliphatic rings. The van der Waals surface area contributed by atoms with E-state index in [1.165, 1.54) is 0 Å². The molecule has 3 heterocycles. The zero-order chi connectivity index (χ0) is 18.7. The number of rotatable bonds is 3.